The first-order valence-corrected chi connectivity index (χ1v) is 7.00. The summed E-state index contributed by atoms with van der Waals surface area (Å²) in [5.41, 5.74) is 0.987. The molecule has 0 bridgehead atoms. The van der Waals surface area contributed by atoms with E-state index in [1.807, 2.05) is 18.5 Å². The van der Waals surface area contributed by atoms with Crippen LogP contribution in [0, 0.1) is 0 Å². The first kappa shape index (κ1) is 11.8. The molecule has 0 aliphatic heterocycles. The molecule has 4 heteroatoms. The highest BCUT2D eigenvalue weighted by Gasteiger charge is 2.27. The Kier molecular flexibility index (Phi) is 3.16. The molecule has 2 aromatic rings. The number of hydrogen-bond acceptors (Lipinski definition) is 2. The van der Waals surface area contributed by atoms with Crippen molar-refractivity contribution in [1.82, 2.24) is 9.38 Å². The topological polar surface area (TPSA) is 20.5 Å². The van der Waals surface area contributed by atoms with Crippen molar-refractivity contribution < 1.29 is 0 Å². The number of hydrogen-bond donors (Lipinski definition) is 0. The van der Waals surface area contributed by atoms with E-state index in [2.05, 4.69) is 33.5 Å². The predicted octanol–water partition coefficient (Wildman–Crippen LogP) is 3.32. The van der Waals surface area contributed by atoms with Gasteiger partial charge in [-0.15, -0.1) is 11.6 Å². The fraction of sp³-hybridized carbons (Fsp3) is 0.500. The number of pyridine rings is 1. The van der Waals surface area contributed by atoms with Crippen LogP contribution >= 0.6 is 11.6 Å². The zero-order valence-corrected chi connectivity index (χ0v) is 11.3. The molecule has 3 nitrogen and oxygen atoms in total. The van der Waals surface area contributed by atoms with Crippen LogP contribution in [0.15, 0.2) is 30.6 Å². The van der Waals surface area contributed by atoms with E-state index in [1.54, 1.807) is 0 Å². The average molecular weight is 264 g/mol. The van der Waals surface area contributed by atoms with Gasteiger partial charge in [0.15, 0.2) is 0 Å². The van der Waals surface area contributed by atoms with Crippen LogP contribution in [-0.4, -0.2) is 27.9 Å². The standard InChI is InChI=1S/C14H18ClN3/c1-17(12-6-3-2-5-11(12)15)14-8-4-7-13-16-9-10-18(13)14/h4,7-12H,2-3,5-6H2,1H3. The van der Waals surface area contributed by atoms with Crippen LogP contribution in [0.25, 0.3) is 5.65 Å². The fourth-order valence-electron chi connectivity index (χ4n) is 2.89. The minimum Gasteiger partial charge on any atom is -0.356 e. The Bertz CT molecular complexity index is 537. The number of alkyl halides is 1. The SMILES string of the molecule is CN(c1cccc2nccn12)C1CCCCC1Cl. The van der Waals surface area contributed by atoms with Crippen molar-refractivity contribution in [3.05, 3.63) is 30.6 Å². The van der Waals surface area contributed by atoms with Gasteiger partial charge in [-0.05, 0) is 25.0 Å². The van der Waals surface area contributed by atoms with E-state index >= 15 is 0 Å². The van der Waals surface area contributed by atoms with E-state index < -0.39 is 0 Å². The largest absolute Gasteiger partial charge is 0.356 e. The lowest BCUT2D eigenvalue weighted by Crippen LogP contribution is -2.41. The number of anilines is 1. The summed E-state index contributed by atoms with van der Waals surface area (Å²) < 4.78 is 2.12. The number of rotatable bonds is 2. The van der Waals surface area contributed by atoms with Gasteiger partial charge >= 0.3 is 0 Å². The molecule has 0 spiro atoms. The normalized spacial score (nSPS) is 24.3. The van der Waals surface area contributed by atoms with Gasteiger partial charge in [-0.1, -0.05) is 18.9 Å². The second-order valence-electron chi connectivity index (χ2n) is 5.02. The molecule has 0 saturated heterocycles. The van der Waals surface area contributed by atoms with Gasteiger partial charge in [0.25, 0.3) is 0 Å². The maximum Gasteiger partial charge on any atom is 0.138 e. The molecule has 1 aliphatic rings. The van der Waals surface area contributed by atoms with Gasteiger partial charge < -0.3 is 4.90 Å². The summed E-state index contributed by atoms with van der Waals surface area (Å²) in [5.74, 6) is 1.17. The maximum atomic E-state index is 6.49. The number of halogens is 1. The molecular formula is C14H18ClN3. The Morgan fingerprint density at radius 1 is 1.33 bits per heavy atom. The highest BCUT2D eigenvalue weighted by Crippen LogP contribution is 2.29. The van der Waals surface area contributed by atoms with Gasteiger partial charge in [0.1, 0.15) is 11.5 Å². The molecule has 1 fully saturated rings. The fourth-order valence-corrected chi connectivity index (χ4v) is 3.34. The van der Waals surface area contributed by atoms with Crippen LogP contribution in [0.3, 0.4) is 0 Å². The lowest BCUT2D eigenvalue weighted by molar-refractivity contribution is 0.432. The van der Waals surface area contributed by atoms with Crippen molar-refractivity contribution in [3.8, 4) is 0 Å². The number of aromatic nitrogens is 2. The first-order valence-electron chi connectivity index (χ1n) is 6.56. The van der Waals surface area contributed by atoms with Crippen LogP contribution < -0.4 is 4.90 Å². The molecule has 0 amide bonds. The average Bonchev–Trinajstić information content (AvgIpc) is 2.86. The summed E-state index contributed by atoms with van der Waals surface area (Å²) in [6.07, 6.45) is 8.68. The van der Waals surface area contributed by atoms with E-state index in [1.165, 1.54) is 25.1 Å². The van der Waals surface area contributed by atoms with Crippen molar-refractivity contribution in [3.63, 3.8) is 0 Å². The molecule has 18 heavy (non-hydrogen) atoms. The van der Waals surface area contributed by atoms with Crippen LogP contribution in [0.5, 0.6) is 0 Å². The van der Waals surface area contributed by atoms with E-state index in [-0.39, 0.29) is 5.38 Å². The Hall–Kier alpha value is -1.22. The molecule has 1 saturated carbocycles. The third kappa shape index (κ3) is 1.97. The van der Waals surface area contributed by atoms with Gasteiger partial charge in [0.05, 0.1) is 5.38 Å². The molecule has 0 aromatic carbocycles. The van der Waals surface area contributed by atoms with Crippen molar-refractivity contribution in [2.24, 2.45) is 0 Å². The molecule has 2 aromatic heterocycles. The summed E-state index contributed by atoms with van der Waals surface area (Å²) in [7, 11) is 2.14. The smallest absolute Gasteiger partial charge is 0.138 e. The quantitative estimate of drug-likeness (QED) is 0.775. The molecule has 96 valence electrons. The molecule has 1 aliphatic carbocycles. The Balaban J connectivity index is 1.95. The van der Waals surface area contributed by atoms with Crippen LogP contribution in [-0.2, 0) is 0 Å². The van der Waals surface area contributed by atoms with E-state index in [9.17, 15) is 0 Å². The van der Waals surface area contributed by atoms with E-state index in [0.717, 1.165) is 12.1 Å². The predicted molar refractivity (Wildman–Crippen MR) is 75.5 cm³/mol. The van der Waals surface area contributed by atoms with Crippen molar-refractivity contribution >= 4 is 23.1 Å². The summed E-state index contributed by atoms with van der Waals surface area (Å²) in [6, 6.07) is 6.64. The Morgan fingerprint density at radius 2 is 2.17 bits per heavy atom. The molecule has 2 unspecified atom stereocenters. The monoisotopic (exact) mass is 263 g/mol. The number of imidazole rings is 1. The third-order valence-electron chi connectivity index (χ3n) is 3.91. The summed E-state index contributed by atoms with van der Waals surface area (Å²) >= 11 is 6.49. The molecule has 0 radical (unpaired) electrons. The maximum absolute atomic E-state index is 6.49. The van der Waals surface area contributed by atoms with Crippen molar-refractivity contribution in [2.45, 2.75) is 37.1 Å². The second kappa shape index (κ2) is 4.81. The second-order valence-corrected chi connectivity index (χ2v) is 5.58. The van der Waals surface area contributed by atoms with Gasteiger partial charge in [0.2, 0.25) is 0 Å². The molecular weight excluding hydrogens is 246 g/mol. The third-order valence-corrected chi connectivity index (χ3v) is 4.42. The summed E-state index contributed by atoms with van der Waals surface area (Å²) in [5, 5.41) is 0.252. The zero-order chi connectivity index (χ0) is 12.5. The van der Waals surface area contributed by atoms with Gasteiger partial charge in [-0.2, -0.15) is 0 Å². The van der Waals surface area contributed by atoms with Crippen LogP contribution in [0.2, 0.25) is 0 Å². The number of nitrogens with zero attached hydrogens (tertiary/aromatic N) is 3. The lowest BCUT2D eigenvalue weighted by atomic mass is 9.94. The molecule has 3 rings (SSSR count). The minimum absolute atomic E-state index is 0.252. The number of fused-ring (bicyclic) bond motifs is 1. The highest BCUT2D eigenvalue weighted by molar-refractivity contribution is 6.21. The lowest BCUT2D eigenvalue weighted by Gasteiger charge is -2.36. The summed E-state index contributed by atoms with van der Waals surface area (Å²) in [6.45, 7) is 0. The van der Waals surface area contributed by atoms with Crippen molar-refractivity contribution in [2.75, 3.05) is 11.9 Å². The first-order chi connectivity index (χ1) is 8.77. The molecule has 2 atom stereocenters. The van der Waals surface area contributed by atoms with Crippen LogP contribution in [0.1, 0.15) is 25.7 Å². The van der Waals surface area contributed by atoms with Crippen LogP contribution in [0.4, 0.5) is 5.82 Å². The molecule has 2 heterocycles. The Morgan fingerprint density at radius 3 is 3.00 bits per heavy atom. The van der Waals surface area contributed by atoms with Crippen molar-refractivity contribution in [1.29, 1.82) is 0 Å². The highest BCUT2D eigenvalue weighted by atomic mass is 35.5. The summed E-state index contributed by atoms with van der Waals surface area (Å²) in [4.78, 5) is 6.64. The molecule has 0 N–H and O–H groups in total. The van der Waals surface area contributed by atoms with Gasteiger partial charge in [0, 0.05) is 25.5 Å². The zero-order valence-electron chi connectivity index (χ0n) is 10.6. The minimum atomic E-state index is 0.252. The van der Waals surface area contributed by atoms with Gasteiger partial charge in [-0.3, -0.25) is 4.40 Å². The van der Waals surface area contributed by atoms with E-state index in [0.29, 0.717) is 6.04 Å². The Labute approximate surface area is 112 Å². The van der Waals surface area contributed by atoms with Gasteiger partial charge in [-0.25, -0.2) is 4.98 Å². The van der Waals surface area contributed by atoms with E-state index in [4.69, 9.17) is 11.6 Å².